The fraction of sp³-hybridized carbons (Fsp3) is 0.318. The summed E-state index contributed by atoms with van der Waals surface area (Å²) in [6, 6.07) is 11.9. The second kappa shape index (κ2) is 9.23. The number of methoxy groups -OCH3 is 1. The van der Waals surface area contributed by atoms with Crippen molar-refractivity contribution in [1.29, 1.82) is 0 Å². The number of alkyl halides is 3. The summed E-state index contributed by atoms with van der Waals surface area (Å²) in [4.78, 5) is 12.3. The number of carbonyl (C=O) groups excluding carboxylic acids is 1. The molecule has 2 aromatic carbocycles. The molecule has 0 aliphatic heterocycles. The summed E-state index contributed by atoms with van der Waals surface area (Å²) in [5, 5.41) is 11.5. The third-order valence-electron chi connectivity index (χ3n) is 4.26. The molecule has 6 nitrogen and oxygen atoms in total. The highest BCUT2D eigenvalue weighted by Gasteiger charge is 2.31. The Hall–Kier alpha value is -3.01. The first-order valence-electron chi connectivity index (χ1n) is 9.69. The van der Waals surface area contributed by atoms with Gasteiger partial charge in [0.15, 0.2) is 11.0 Å². The zero-order valence-corrected chi connectivity index (χ0v) is 18.8. The Bertz CT molecular complexity index is 1090. The number of ether oxygens (including phenoxy) is 1. The molecule has 0 bridgehead atoms. The van der Waals surface area contributed by atoms with E-state index in [9.17, 15) is 18.0 Å². The summed E-state index contributed by atoms with van der Waals surface area (Å²) in [6.07, 6.45) is -4.50. The molecular weight excluding hydrogens is 441 g/mol. The van der Waals surface area contributed by atoms with Gasteiger partial charge < -0.3 is 10.1 Å². The Morgan fingerprint density at radius 2 is 1.78 bits per heavy atom. The largest absolute Gasteiger partial charge is 0.497 e. The van der Waals surface area contributed by atoms with Crippen LogP contribution in [0.5, 0.6) is 5.75 Å². The van der Waals surface area contributed by atoms with Gasteiger partial charge in [0.25, 0.3) is 0 Å². The molecule has 10 heteroatoms. The Balaban J connectivity index is 2.03. The van der Waals surface area contributed by atoms with Crippen molar-refractivity contribution in [2.45, 2.75) is 37.6 Å². The van der Waals surface area contributed by atoms with Crippen LogP contribution in [0.1, 0.15) is 26.3 Å². The number of halogens is 3. The molecule has 0 atom stereocenters. The first-order valence-corrected chi connectivity index (χ1v) is 10.7. The van der Waals surface area contributed by atoms with Crippen LogP contribution in [0.2, 0.25) is 0 Å². The van der Waals surface area contributed by atoms with Crippen LogP contribution in [0, 0.1) is 0 Å². The van der Waals surface area contributed by atoms with E-state index in [1.807, 2.05) is 20.8 Å². The average molecular weight is 465 g/mol. The van der Waals surface area contributed by atoms with Crippen LogP contribution < -0.4 is 10.1 Å². The monoisotopic (exact) mass is 464 g/mol. The Morgan fingerprint density at radius 1 is 1.09 bits per heavy atom. The summed E-state index contributed by atoms with van der Waals surface area (Å²) < 4.78 is 46.6. The van der Waals surface area contributed by atoms with E-state index in [1.54, 1.807) is 30.3 Å². The van der Waals surface area contributed by atoms with Crippen molar-refractivity contribution in [2.24, 2.45) is 0 Å². The molecule has 0 aliphatic rings. The minimum absolute atomic E-state index is 0.0387. The van der Waals surface area contributed by atoms with Gasteiger partial charge in [-0.2, -0.15) is 13.2 Å². The Labute approximate surface area is 188 Å². The first kappa shape index (κ1) is 23.6. The molecule has 0 fully saturated rings. The maximum Gasteiger partial charge on any atom is 0.416 e. The minimum atomic E-state index is -4.50. The predicted molar refractivity (Wildman–Crippen MR) is 117 cm³/mol. The van der Waals surface area contributed by atoms with E-state index in [0.29, 0.717) is 22.3 Å². The van der Waals surface area contributed by atoms with Crippen LogP contribution in [0.15, 0.2) is 53.7 Å². The number of amides is 1. The highest BCUT2D eigenvalue weighted by atomic mass is 32.2. The third kappa shape index (κ3) is 5.82. The lowest BCUT2D eigenvalue weighted by Crippen LogP contribution is -2.41. The smallest absolute Gasteiger partial charge is 0.416 e. The van der Waals surface area contributed by atoms with Gasteiger partial charge in [0.1, 0.15) is 5.75 Å². The fourth-order valence-electron chi connectivity index (χ4n) is 2.93. The molecule has 0 radical (unpaired) electrons. The maximum atomic E-state index is 13.3. The van der Waals surface area contributed by atoms with E-state index >= 15 is 0 Å². The van der Waals surface area contributed by atoms with Crippen LogP contribution in [-0.2, 0) is 11.0 Å². The number of carbonyl (C=O) groups is 1. The van der Waals surface area contributed by atoms with Crippen molar-refractivity contribution in [1.82, 2.24) is 20.1 Å². The number of benzene rings is 2. The predicted octanol–water partition coefficient (Wildman–Crippen LogP) is 4.97. The lowest BCUT2D eigenvalue weighted by atomic mass is 10.1. The van der Waals surface area contributed by atoms with Gasteiger partial charge in [-0.3, -0.25) is 9.36 Å². The molecule has 170 valence electrons. The van der Waals surface area contributed by atoms with Crippen molar-refractivity contribution in [3.63, 3.8) is 0 Å². The summed E-state index contributed by atoms with van der Waals surface area (Å²) in [5.41, 5.74) is -0.303. The van der Waals surface area contributed by atoms with Crippen molar-refractivity contribution in [3.8, 4) is 22.8 Å². The topological polar surface area (TPSA) is 69.0 Å². The van der Waals surface area contributed by atoms with Gasteiger partial charge in [-0.05, 0) is 63.2 Å². The molecular formula is C22H23F3N4O2S. The lowest BCUT2D eigenvalue weighted by molar-refractivity contribution is -0.137. The highest BCUT2D eigenvalue weighted by Crippen LogP contribution is 2.33. The lowest BCUT2D eigenvalue weighted by Gasteiger charge is -2.20. The molecule has 0 saturated heterocycles. The number of hydrogen-bond acceptors (Lipinski definition) is 5. The normalized spacial score (nSPS) is 12.0. The Kier molecular flexibility index (Phi) is 6.82. The third-order valence-corrected chi connectivity index (χ3v) is 5.19. The second-order valence-corrected chi connectivity index (χ2v) is 8.95. The zero-order chi connectivity index (χ0) is 23.5. The van der Waals surface area contributed by atoms with Gasteiger partial charge in [0, 0.05) is 11.1 Å². The van der Waals surface area contributed by atoms with Crippen molar-refractivity contribution in [2.75, 3.05) is 12.9 Å². The van der Waals surface area contributed by atoms with Crippen LogP contribution in [-0.4, -0.2) is 39.1 Å². The molecule has 1 amide bonds. The SMILES string of the molecule is COc1ccc(-c2nnc(SCC(=O)NC(C)(C)C)n2-c2cccc(C(F)(F)F)c2)cc1. The molecule has 0 unspecified atom stereocenters. The average Bonchev–Trinajstić information content (AvgIpc) is 3.14. The van der Waals surface area contributed by atoms with Gasteiger partial charge >= 0.3 is 6.18 Å². The number of thioether (sulfide) groups is 1. The van der Waals surface area contributed by atoms with E-state index in [-0.39, 0.29) is 17.3 Å². The highest BCUT2D eigenvalue weighted by molar-refractivity contribution is 7.99. The van der Waals surface area contributed by atoms with Gasteiger partial charge in [0.2, 0.25) is 5.91 Å². The molecule has 1 aromatic heterocycles. The van der Waals surface area contributed by atoms with E-state index < -0.39 is 17.3 Å². The number of nitrogens with one attached hydrogen (secondary N) is 1. The summed E-state index contributed by atoms with van der Waals surface area (Å²) in [6.45, 7) is 5.59. The standard InChI is InChI=1S/C22H23F3N4O2S/c1-21(2,3)26-18(30)13-32-20-28-27-19(14-8-10-17(31-4)11-9-14)29(20)16-7-5-6-15(12-16)22(23,24)25/h5-12H,13H2,1-4H3,(H,26,30). The number of aromatic nitrogens is 3. The molecule has 3 rings (SSSR count). The van der Waals surface area contributed by atoms with Crippen LogP contribution in [0.3, 0.4) is 0 Å². The van der Waals surface area contributed by atoms with Gasteiger partial charge in [0.05, 0.1) is 24.1 Å². The molecule has 3 aromatic rings. The van der Waals surface area contributed by atoms with Crippen LogP contribution in [0.25, 0.3) is 17.1 Å². The second-order valence-electron chi connectivity index (χ2n) is 8.01. The van der Waals surface area contributed by atoms with E-state index in [1.165, 1.54) is 17.7 Å². The molecule has 0 aliphatic carbocycles. The van der Waals surface area contributed by atoms with Gasteiger partial charge in [-0.15, -0.1) is 10.2 Å². The number of nitrogens with zero attached hydrogens (tertiary/aromatic N) is 3. The van der Waals surface area contributed by atoms with E-state index in [0.717, 1.165) is 23.9 Å². The van der Waals surface area contributed by atoms with Gasteiger partial charge in [-0.25, -0.2) is 0 Å². The van der Waals surface area contributed by atoms with Gasteiger partial charge in [-0.1, -0.05) is 17.8 Å². The van der Waals surface area contributed by atoms with Crippen molar-refractivity contribution >= 4 is 17.7 Å². The Morgan fingerprint density at radius 3 is 2.38 bits per heavy atom. The quantitative estimate of drug-likeness (QED) is 0.522. The molecule has 32 heavy (non-hydrogen) atoms. The van der Waals surface area contributed by atoms with E-state index in [2.05, 4.69) is 15.5 Å². The van der Waals surface area contributed by atoms with Crippen molar-refractivity contribution < 1.29 is 22.7 Å². The van der Waals surface area contributed by atoms with Crippen LogP contribution >= 0.6 is 11.8 Å². The fourth-order valence-corrected chi connectivity index (χ4v) is 3.68. The summed E-state index contributed by atoms with van der Waals surface area (Å²) >= 11 is 1.10. The molecule has 0 saturated carbocycles. The first-order chi connectivity index (χ1) is 15.0. The van der Waals surface area contributed by atoms with Crippen LogP contribution in [0.4, 0.5) is 13.2 Å². The zero-order valence-electron chi connectivity index (χ0n) is 18.0. The molecule has 0 spiro atoms. The molecule has 1 N–H and O–H groups in total. The maximum absolute atomic E-state index is 13.3. The molecule has 1 heterocycles. The van der Waals surface area contributed by atoms with E-state index in [4.69, 9.17) is 4.74 Å². The summed E-state index contributed by atoms with van der Waals surface area (Å²) in [7, 11) is 1.54. The number of hydrogen-bond donors (Lipinski definition) is 1. The number of rotatable bonds is 6. The van der Waals surface area contributed by atoms with Crippen molar-refractivity contribution in [3.05, 3.63) is 54.1 Å². The summed E-state index contributed by atoms with van der Waals surface area (Å²) in [5.74, 6) is 0.807. The minimum Gasteiger partial charge on any atom is -0.497 e.